The van der Waals surface area contributed by atoms with Crippen molar-refractivity contribution in [3.8, 4) is 0 Å². The predicted molar refractivity (Wildman–Crippen MR) is 128 cm³/mol. The van der Waals surface area contributed by atoms with Gasteiger partial charge >= 0.3 is 5.97 Å². The van der Waals surface area contributed by atoms with Crippen LogP contribution in [0.4, 0.5) is 11.4 Å². The van der Waals surface area contributed by atoms with E-state index in [9.17, 15) is 18.0 Å². The van der Waals surface area contributed by atoms with Crippen LogP contribution in [0.25, 0.3) is 0 Å². The molecule has 0 aliphatic heterocycles. The van der Waals surface area contributed by atoms with Crippen molar-refractivity contribution in [3.63, 3.8) is 0 Å². The highest BCUT2D eigenvalue weighted by atomic mass is 35.5. The van der Waals surface area contributed by atoms with Gasteiger partial charge in [-0.2, -0.15) is 0 Å². The Bertz CT molecular complexity index is 1240. The number of amides is 1. The molecule has 1 amide bonds. The van der Waals surface area contributed by atoms with Crippen molar-refractivity contribution in [1.29, 1.82) is 0 Å². The Balaban J connectivity index is 1.88. The number of carbonyl (C=O) groups excluding carboxylic acids is 2. The number of anilines is 2. The van der Waals surface area contributed by atoms with Gasteiger partial charge in [-0.3, -0.25) is 9.10 Å². The van der Waals surface area contributed by atoms with Gasteiger partial charge in [0.05, 0.1) is 22.8 Å². The number of esters is 1. The molecule has 33 heavy (non-hydrogen) atoms. The largest absolute Gasteiger partial charge is 0.462 e. The molecule has 3 aromatic rings. The van der Waals surface area contributed by atoms with Gasteiger partial charge in [0, 0.05) is 10.7 Å². The first-order valence-corrected chi connectivity index (χ1v) is 11.9. The molecule has 0 saturated heterocycles. The summed E-state index contributed by atoms with van der Waals surface area (Å²) >= 11 is 5.96. The molecule has 0 unspecified atom stereocenters. The lowest BCUT2D eigenvalue weighted by Gasteiger charge is -2.24. The topological polar surface area (TPSA) is 92.8 Å². The summed E-state index contributed by atoms with van der Waals surface area (Å²) in [5, 5.41) is 3.08. The van der Waals surface area contributed by atoms with E-state index in [0.29, 0.717) is 10.7 Å². The Morgan fingerprint density at radius 2 is 1.67 bits per heavy atom. The van der Waals surface area contributed by atoms with Gasteiger partial charge in [0.15, 0.2) is 0 Å². The minimum absolute atomic E-state index is 0.0557. The van der Waals surface area contributed by atoms with Crippen LogP contribution in [0.1, 0.15) is 22.8 Å². The van der Waals surface area contributed by atoms with Crippen molar-refractivity contribution in [1.82, 2.24) is 0 Å². The molecule has 0 radical (unpaired) electrons. The van der Waals surface area contributed by atoms with Crippen LogP contribution < -0.4 is 9.62 Å². The third kappa shape index (κ3) is 6.12. The first-order chi connectivity index (χ1) is 15.7. The number of ether oxygens (including phenoxy) is 1. The predicted octanol–water partition coefficient (Wildman–Crippen LogP) is 4.66. The van der Waals surface area contributed by atoms with Gasteiger partial charge in [0.1, 0.15) is 6.54 Å². The van der Waals surface area contributed by atoms with Gasteiger partial charge < -0.3 is 10.1 Å². The second-order valence-electron chi connectivity index (χ2n) is 7.15. The number of sulfonamides is 1. The fourth-order valence-electron chi connectivity index (χ4n) is 3.03. The van der Waals surface area contributed by atoms with Gasteiger partial charge in [-0.25, -0.2) is 13.2 Å². The van der Waals surface area contributed by atoms with Gasteiger partial charge in [-0.15, -0.1) is 0 Å². The minimum Gasteiger partial charge on any atom is -0.462 e. The first kappa shape index (κ1) is 24.3. The molecule has 9 heteroatoms. The Morgan fingerprint density at radius 1 is 1.00 bits per heavy atom. The number of nitrogens with one attached hydrogen (secondary N) is 1. The van der Waals surface area contributed by atoms with Crippen LogP contribution in [0.3, 0.4) is 0 Å². The second-order valence-corrected chi connectivity index (χ2v) is 9.45. The van der Waals surface area contributed by atoms with E-state index >= 15 is 0 Å². The number of halogens is 1. The van der Waals surface area contributed by atoms with E-state index in [0.717, 1.165) is 9.87 Å². The summed E-state index contributed by atoms with van der Waals surface area (Å²) in [6, 6.07) is 18.8. The summed E-state index contributed by atoms with van der Waals surface area (Å²) in [5.74, 6) is -1.10. The van der Waals surface area contributed by atoms with Crippen molar-refractivity contribution in [3.05, 3.63) is 88.9 Å². The quantitative estimate of drug-likeness (QED) is 0.467. The Morgan fingerprint density at radius 3 is 2.30 bits per heavy atom. The SMILES string of the molecule is CCOC(=O)c1cccc(NC(=O)CN(c2ccc(Cl)cc2)S(=O)(=O)c2ccc(C)cc2)c1. The molecule has 1 N–H and O–H groups in total. The fourth-order valence-corrected chi connectivity index (χ4v) is 4.58. The standard InChI is InChI=1S/C24H23ClN2O5S/c1-3-32-24(29)18-5-4-6-20(15-18)26-23(28)16-27(21-11-9-19(25)10-12-21)33(30,31)22-13-7-17(2)8-14-22/h4-15H,3,16H2,1-2H3,(H,26,28). The minimum atomic E-state index is -4.04. The van der Waals surface area contributed by atoms with E-state index in [2.05, 4.69) is 5.32 Å². The van der Waals surface area contributed by atoms with Crippen molar-refractivity contribution in [2.24, 2.45) is 0 Å². The molecule has 0 spiro atoms. The van der Waals surface area contributed by atoms with Crippen molar-refractivity contribution >= 4 is 44.9 Å². The molecule has 0 aliphatic carbocycles. The van der Waals surface area contributed by atoms with Crippen LogP contribution in [0, 0.1) is 6.92 Å². The Kier molecular flexibility index (Phi) is 7.73. The molecule has 0 saturated carbocycles. The summed E-state index contributed by atoms with van der Waals surface area (Å²) in [5.41, 5.74) is 1.81. The normalized spacial score (nSPS) is 11.0. The Labute approximate surface area is 198 Å². The molecule has 172 valence electrons. The monoisotopic (exact) mass is 486 g/mol. The molecule has 3 aromatic carbocycles. The average molecular weight is 487 g/mol. The molecule has 0 bridgehead atoms. The summed E-state index contributed by atoms with van der Waals surface area (Å²) in [4.78, 5) is 24.9. The molecule has 3 rings (SSSR count). The zero-order valence-corrected chi connectivity index (χ0v) is 19.7. The lowest BCUT2D eigenvalue weighted by molar-refractivity contribution is -0.114. The Hall–Kier alpha value is -3.36. The molecule has 0 heterocycles. The summed E-state index contributed by atoms with van der Waals surface area (Å²) in [7, 11) is -4.04. The number of hydrogen-bond acceptors (Lipinski definition) is 5. The summed E-state index contributed by atoms with van der Waals surface area (Å²) < 4.78 is 32.8. The number of rotatable bonds is 8. The van der Waals surface area contributed by atoms with E-state index < -0.39 is 28.4 Å². The first-order valence-electron chi connectivity index (χ1n) is 10.1. The lowest BCUT2D eigenvalue weighted by atomic mass is 10.2. The van der Waals surface area contributed by atoms with Gasteiger partial charge in [-0.1, -0.05) is 35.4 Å². The zero-order chi connectivity index (χ0) is 24.0. The van der Waals surface area contributed by atoms with E-state index in [4.69, 9.17) is 16.3 Å². The van der Waals surface area contributed by atoms with E-state index in [1.165, 1.54) is 30.3 Å². The van der Waals surface area contributed by atoms with Crippen molar-refractivity contribution < 1.29 is 22.7 Å². The van der Waals surface area contributed by atoms with Gasteiger partial charge in [0.25, 0.3) is 10.0 Å². The van der Waals surface area contributed by atoms with Gasteiger partial charge in [-0.05, 0) is 68.4 Å². The molecule has 7 nitrogen and oxygen atoms in total. The van der Waals surface area contributed by atoms with E-state index in [-0.39, 0.29) is 22.8 Å². The highest BCUT2D eigenvalue weighted by molar-refractivity contribution is 7.92. The highest BCUT2D eigenvalue weighted by Gasteiger charge is 2.27. The van der Waals surface area contributed by atoms with Crippen LogP contribution >= 0.6 is 11.6 Å². The number of nitrogens with zero attached hydrogens (tertiary/aromatic N) is 1. The third-order valence-corrected chi connectivity index (χ3v) is 6.71. The molecular weight excluding hydrogens is 464 g/mol. The zero-order valence-electron chi connectivity index (χ0n) is 18.1. The van der Waals surface area contributed by atoms with Crippen molar-refractivity contribution in [2.75, 3.05) is 22.8 Å². The van der Waals surface area contributed by atoms with Gasteiger partial charge in [0.2, 0.25) is 5.91 Å². The smallest absolute Gasteiger partial charge is 0.338 e. The fraction of sp³-hybridized carbons (Fsp3) is 0.167. The maximum absolute atomic E-state index is 13.4. The number of aryl methyl sites for hydroxylation is 1. The van der Waals surface area contributed by atoms with Crippen LogP contribution in [0.15, 0.2) is 77.7 Å². The second kappa shape index (κ2) is 10.5. The maximum atomic E-state index is 13.4. The molecule has 0 atom stereocenters. The maximum Gasteiger partial charge on any atom is 0.338 e. The van der Waals surface area contributed by atoms with E-state index in [1.54, 1.807) is 49.4 Å². The van der Waals surface area contributed by atoms with Crippen molar-refractivity contribution in [2.45, 2.75) is 18.7 Å². The average Bonchev–Trinajstić information content (AvgIpc) is 2.79. The van der Waals surface area contributed by atoms with E-state index in [1.807, 2.05) is 6.92 Å². The third-order valence-electron chi connectivity index (χ3n) is 4.67. The lowest BCUT2D eigenvalue weighted by Crippen LogP contribution is -2.38. The van der Waals surface area contributed by atoms with Crippen LogP contribution in [0.5, 0.6) is 0 Å². The van der Waals surface area contributed by atoms with Crippen LogP contribution in [-0.2, 0) is 19.6 Å². The highest BCUT2D eigenvalue weighted by Crippen LogP contribution is 2.25. The summed E-state index contributed by atoms with van der Waals surface area (Å²) in [6.07, 6.45) is 0. The summed E-state index contributed by atoms with van der Waals surface area (Å²) in [6.45, 7) is 3.29. The van der Waals surface area contributed by atoms with Crippen LogP contribution in [0.2, 0.25) is 5.02 Å². The number of carbonyl (C=O) groups is 2. The molecular formula is C24H23ClN2O5S. The molecule has 0 aliphatic rings. The van der Waals surface area contributed by atoms with Crippen LogP contribution in [-0.4, -0.2) is 33.4 Å². The molecule has 0 fully saturated rings. The molecule has 0 aromatic heterocycles. The number of benzene rings is 3. The number of hydrogen-bond donors (Lipinski definition) is 1.